The first-order chi connectivity index (χ1) is 26.9. The summed E-state index contributed by atoms with van der Waals surface area (Å²) in [7, 11) is -4.22. The molecule has 3 heterocycles. The Morgan fingerprint density at radius 2 is 1.46 bits per heavy atom. The maximum Gasteiger partial charge on any atom is 0.266 e. The number of ether oxygens (including phenoxy) is 2. The predicted molar refractivity (Wildman–Crippen MR) is 211 cm³/mol. The van der Waals surface area contributed by atoms with E-state index in [1.807, 2.05) is 36.4 Å². The number of carbonyl (C=O) groups excluding carboxylic acids is 2. The van der Waals surface area contributed by atoms with Crippen molar-refractivity contribution < 1.29 is 46.3 Å². The number of allylic oxidation sites excluding steroid dienone is 1. The van der Waals surface area contributed by atoms with E-state index in [2.05, 4.69) is 10.6 Å². The molecule has 56 heavy (non-hydrogen) atoms. The highest BCUT2D eigenvalue weighted by Gasteiger charge is 2.33. The van der Waals surface area contributed by atoms with Crippen LogP contribution >= 0.6 is 0 Å². The van der Waals surface area contributed by atoms with Gasteiger partial charge in [-0.15, -0.1) is 0 Å². The van der Waals surface area contributed by atoms with Crippen LogP contribution < -0.4 is 30.6 Å². The number of amides is 2. The first-order valence-electron chi connectivity index (χ1n) is 17.9. The zero-order valence-corrected chi connectivity index (χ0v) is 32.7. The molecule has 0 fully saturated rings. The summed E-state index contributed by atoms with van der Waals surface area (Å²) in [5.74, 6) is 0.264. The van der Waals surface area contributed by atoms with E-state index in [0.717, 1.165) is 24.1 Å². The van der Waals surface area contributed by atoms with E-state index in [4.69, 9.17) is 19.9 Å². The van der Waals surface area contributed by atoms with Gasteiger partial charge in [-0.25, -0.2) is 27.8 Å². The molecule has 16 nitrogen and oxygen atoms in total. The molecule has 18 heteroatoms. The second-order valence-corrected chi connectivity index (χ2v) is 16.6. The number of sulfonamides is 2. The highest BCUT2D eigenvalue weighted by Crippen LogP contribution is 2.41. The van der Waals surface area contributed by atoms with Gasteiger partial charge in [0, 0.05) is 55.5 Å². The van der Waals surface area contributed by atoms with Gasteiger partial charge in [-0.1, -0.05) is 36.8 Å². The highest BCUT2D eigenvalue weighted by atomic mass is 32.2. The van der Waals surface area contributed by atoms with Crippen LogP contribution in [-0.4, -0.2) is 70.7 Å². The Bertz CT molecular complexity index is 2220. The molecule has 3 aromatic rings. The van der Waals surface area contributed by atoms with E-state index >= 15 is 0 Å². The van der Waals surface area contributed by atoms with Gasteiger partial charge < -0.3 is 20.1 Å². The number of unbranched alkanes of at least 4 members (excludes halogenated alkanes) is 4. The summed E-state index contributed by atoms with van der Waals surface area (Å²) in [6.45, 7) is 0.723. The topological polar surface area (TPSA) is 216 Å². The minimum atomic E-state index is -3.67. The summed E-state index contributed by atoms with van der Waals surface area (Å²) in [5.41, 5.74) is 7.77. The fourth-order valence-electron chi connectivity index (χ4n) is 6.27. The monoisotopic (exact) mass is 810 g/mol. The van der Waals surface area contributed by atoms with Gasteiger partial charge >= 0.3 is 0 Å². The number of hydrogen-bond acceptors (Lipinski definition) is 12. The first kappa shape index (κ1) is 41.6. The third kappa shape index (κ3) is 9.81. The van der Waals surface area contributed by atoms with Crippen LogP contribution in [0.15, 0.2) is 101 Å². The van der Waals surface area contributed by atoms with Crippen molar-refractivity contribution in [3.05, 3.63) is 101 Å². The Balaban J connectivity index is 0.000000214. The van der Waals surface area contributed by atoms with Crippen LogP contribution in [0.2, 0.25) is 0 Å². The molecule has 0 aromatic heterocycles. The molecule has 6 N–H and O–H groups in total. The standard InChI is InChI=1S/2C19H23N3O5S/c1-22-17-8-5-4-7-15(17)20-16-13-14(10-11-18(16)28(22,25)26)27-12-6-2-3-9-19(23)21-24;1-27-17-13-20-16-8-5-4-7-14(16)19-15(17)10-12-28(25,26)22(19)11-6-2-3-9-18(23)21-24/h4-5,7-8,10-11,13,20,24H,2-3,6,9,12H2,1H3,(H,21,23);4-5,7-8,10,12-13,20,24H,2-3,6,9,11H2,1H3,(H,21,23). The van der Waals surface area contributed by atoms with Crippen molar-refractivity contribution in [2.24, 2.45) is 0 Å². The first-order valence-corrected chi connectivity index (χ1v) is 20.9. The number of hydrogen-bond donors (Lipinski definition) is 6. The molecule has 0 saturated carbocycles. The maximum atomic E-state index is 12.9. The van der Waals surface area contributed by atoms with Crippen LogP contribution in [0.5, 0.6) is 5.75 Å². The molecule has 0 radical (unpaired) electrons. The maximum absolute atomic E-state index is 12.9. The van der Waals surface area contributed by atoms with Gasteiger partial charge in [-0.2, -0.15) is 0 Å². The molecule has 3 aliphatic rings. The molecule has 2 amide bonds. The van der Waals surface area contributed by atoms with Gasteiger partial charge in [-0.05, 0) is 68.5 Å². The Morgan fingerprint density at radius 3 is 2.16 bits per heavy atom. The molecular weight excluding hydrogens is 765 g/mol. The molecular formula is C38H46N6O10S2. The van der Waals surface area contributed by atoms with Crippen molar-refractivity contribution in [2.75, 3.05) is 42.2 Å². The summed E-state index contributed by atoms with van der Waals surface area (Å²) >= 11 is 0. The number of hydroxylamine groups is 2. The molecule has 300 valence electrons. The zero-order chi connectivity index (χ0) is 40.3. The minimum absolute atomic E-state index is 0.188. The Morgan fingerprint density at radius 1 is 0.804 bits per heavy atom. The van der Waals surface area contributed by atoms with E-state index in [0.29, 0.717) is 72.1 Å². The summed E-state index contributed by atoms with van der Waals surface area (Å²) in [4.78, 5) is 22.2. The van der Waals surface area contributed by atoms with Crippen LogP contribution in [0.25, 0.3) is 5.70 Å². The van der Waals surface area contributed by atoms with Gasteiger partial charge in [-0.3, -0.25) is 28.6 Å². The second-order valence-electron chi connectivity index (χ2n) is 12.9. The lowest BCUT2D eigenvalue weighted by Gasteiger charge is -2.30. The Hall–Kier alpha value is -5.56. The highest BCUT2D eigenvalue weighted by molar-refractivity contribution is 7.93. The van der Waals surface area contributed by atoms with Gasteiger partial charge in [0.2, 0.25) is 11.8 Å². The molecule has 0 saturated heterocycles. The number of fused-ring (bicyclic) bond motifs is 4. The predicted octanol–water partition coefficient (Wildman–Crippen LogP) is 5.55. The van der Waals surface area contributed by atoms with Crippen LogP contribution in [0.1, 0.15) is 56.9 Å². The number of rotatable bonds is 14. The van der Waals surface area contributed by atoms with Crippen LogP contribution in [0.4, 0.5) is 22.7 Å². The average Bonchev–Trinajstić information content (AvgIpc) is 3.40. The van der Waals surface area contributed by atoms with E-state index in [1.165, 1.54) is 21.1 Å². The van der Waals surface area contributed by atoms with Crippen LogP contribution in [0.3, 0.4) is 0 Å². The number of benzene rings is 3. The van der Waals surface area contributed by atoms with Gasteiger partial charge in [0.05, 0.1) is 41.9 Å². The molecule has 0 aliphatic carbocycles. The van der Waals surface area contributed by atoms with Crippen molar-refractivity contribution in [2.45, 2.75) is 56.3 Å². The molecule has 0 spiro atoms. The van der Waals surface area contributed by atoms with E-state index in [-0.39, 0.29) is 24.3 Å². The molecule has 0 unspecified atom stereocenters. The van der Waals surface area contributed by atoms with Gasteiger partial charge in [0.1, 0.15) is 16.4 Å². The largest absolute Gasteiger partial charge is 0.495 e. The molecule has 3 aliphatic heterocycles. The number of nitrogens with zero attached hydrogens (tertiary/aromatic N) is 2. The number of para-hydroxylation sites is 3. The third-order valence-corrected chi connectivity index (χ3v) is 12.5. The summed E-state index contributed by atoms with van der Waals surface area (Å²) in [5, 5.41) is 24.5. The molecule has 3 aromatic carbocycles. The lowest BCUT2D eigenvalue weighted by Crippen LogP contribution is -2.32. The number of nitrogens with one attached hydrogen (secondary N) is 4. The molecule has 0 atom stereocenters. The smallest absolute Gasteiger partial charge is 0.266 e. The van der Waals surface area contributed by atoms with Gasteiger partial charge in [0.25, 0.3) is 20.0 Å². The summed E-state index contributed by atoms with van der Waals surface area (Å²) in [6.07, 6.45) is 7.71. The minimum Gasteiger partial charge on any atom is -0.495 e. The van der Waals surface area contributed by atoms with E-state index < -0.39 is 31.9 Å². The van der Waals surface area contributed by atoms with Crippen LogP contribution in [0, 0.1) is 0 Å². The number of methoxy groups -OCH3 is 1. The molecule has 0 bridgehead atoms. The number of anilines is 4. The fraction of sp³-hybridized carbons (Fsp3) is 0.316. The third-order valence-electron chi connectivity index (χ3n) is 9.18. The Labute approximate surface area is 326 Å². The quantitative estimate of drug-likeness (QED) is 0.0672. The van der Waals surface area contributed by atoms with Crippen molar-refractivity contribution in [1.29, 1.82) is 0 Å². The van der Waals surface area contributed by atoms with Crippen molar-refractivity contribution >= 4 is 60.3 Å². The van der Waals surface area contributed by atoms with Crippen molar-refractivity contribution in [1.82, 2.24) is 15.3 Å². The summed E-state index contributed by atoms with van der Waals surface area (Å²) in [6, 6.07) is 19.6. The lowest BCUT2D eigenvalue weighted by atomic mass is 10.0. The zero-order valence-electron chi connectivity index (χ0n) is 31.0. The normalized spacial score (nSPS) is 15.7. The second kappa shape index (κ2) is 18.9. The fourth-order valence-corrected chi connectivity index (χ4v) is 8.90. The lowest BCUT2D eigenvalue weighted by molar-refractivity contribution is -0.130. The van der Waals surface area contributed by atoms with E-state index in [9.17, 15) is 26.4 Å². The summed E-state index contributed by atoms with van der Waals surface area (Å²) < 4.78 is 65.3. The molecule has 6 rings (SSSR count). The van der Waals surface area contributed by atoms with Crippen LogP contribution in [-0.2, 0) is 34.4 Å². The van der Waals surface area contributed by atoms with E-state index in [1.54, 1.807) is 60.7 Å². The SMILES string of the molecule is CN1c2ccccc2Nc2cc(OCCCCCC(=O)NO)ccc2S1(=O)=O.COC1=CNc2ccccc2C2=C1C=CS(=O)(=O)N2CCCCCC(=O)NO. The van der Waals surface area contributed by atoms with Crippen molar-refractivity contribution in [3.8, 4) is 5.75 Å². The Kier molecular flexibility index (Phi) is 14.0. The number of carbonyl (C=O) groups is 2. The van der Waals surface area contributed by atoms with Gasteiger partial charge in [0.15, 0.2) is 0 Å². The van der Waals surface area contributed by atoms with Crippen molar-refractivity contribution in [3.63, 3.8) is 0 Å². The average molecular weight is 811 g/mol.